The Balaban J connectivity index is 1.35. The lowest BCUT2D eigenvalue weighted by Gasteiger charge is -2.38. The molecule has 0 spiro atoms. The van der Waals surface area contributed by atoms with Crippen molar-refractivity contribution in [3.05, 3.63) is 43.0 Å². The summed E-state index contributed by atoms with van der Waals surface area (Å²) in [5, 5.41) is 11.4. The van der Waals surface area contributed by atoms with Crippen molar-refractivity contribution in [3.63, 3.8) is 0 Å². The Morgan fingerprint density at radius 2 is 1.62 bits per heavy atom. The van der Waals surface area contributed by atoms with Gasteiger partial charge in [-0.1, -0.05) is 97.4 Å². The summed E-state index contributed by atoms with van der Waals surface area (Å²) in [7, 11) is -2.35. The molecule has 5 amide bonds. The summed E-state index contributed by atoms with van der Waals surface area (Å²) in [6, 6.07) is 4.12. The number of likely N-dealkylation sites (tertiary alicyclic amines) is 1. The molecule has 1 saturated heterocycles. The van der Waals surface area contributed by atoms with Crippen molar-refractivity contribution in [1.29, 1.82) is 0 Å². The maximum Gasteiger partial charge on any atom is 0.315 e. The molecule has 304 valence electrons. The van der Waals surface area contributed by atoms with Gasteiger partial charge < -0.3 is 26.2 Å². The molecule has 0 aromatic heterocycles. The molecule has 0 radical (unpaired) electrons. The van der Waals surface area contributed by atoms with Crippen molar-refractivity contribution >= 4 is 39.6 Å². The molecule has 14 heteroatoms. The van der Waals surface area contributed by atoms with Gasteiger partial charge in [-0.2, -0.15) is 4.31 Å². The van der Waals surface area contributed by atoms with Crippen molar-refractivity contribution in [2.24, 2.45) is 34.5 Å². The maximum absolute atomic E-state index is 14.8. The smallest absolute Gasteiger partial charge is 0.315 e. The number of nitrogens with one attached hydrogen (secondary N) is 4. The van der Waals surface area contributed by atoms with Gasteiger partial charge in [-0.25, -0.2) is 13.2 Å². The Morgan fingerprint density at radius 1 is 0.964 bits per heavy atom. The highest BCUT2D eigenvalue weighted by atomic mass is 32.2. The topological polar surface area (TPSA) is 174 Å². The first-order chi connectivity index (χ1) is 25.9. The molecule has 1 aromatic rings. The van der Waals surface area contributed by atoms with Gasteiger partial charge in [-0.05, 0) is 65.9 Å². The first-order valence-electron chi connectivity index (χ1n) is 20.0. The van der Waals surface area contributed by atoms with Crippen LogP contribution < -0.4 is 21.3 Å². The van der Waals surface area contributed by atoms with E-state index >= 15 is 0 Å². The number of carbonyl (C=O) groups is 5. The maximum atomic E-state index is 14.8. The third-order valence-electron chi connectivity index (χ3n) is 12.7. The van der Waals surface area contributed by atoms with E-state index in [1.807, 2.05) is 20.8 Å². The van der Waals surface area contributed by atoms with Crippen LogP contribution >= 0.6 is 0 Å². The summed E-state index contributed by atoms with van der Waals surface area (Å²) in [5.74, 6) is -2.29. The van der Waals surface area contributed by atoms with Gasteiger partial charge in [0.1, 0.15) is 12.1 Å². The quantitative estimate of drug-likeness (QED) is 0.145. The Morgan fingerprint density at radius 3 is 2.20 bits per heavy atom. The van der Waals surface area contributed by atoms with Gasteiger partial charge in [0, 0.05) is 32.7 Å². The van der Waals surface area contributed by atoms with Crippen LogP contribution in [0.3, 0.4) is 0 Å². The first kappa shape index (κ1) is 42.4. The number of amides is 5. The second-order valence-corrected chi connectivity index (χ2v) is 19.9. The van der Waals surface area contributed by atoms with Gasteiger partial charge in [0.25, 0.3) is 5.91 Å². The highest BCUT2D eigenvalue weighted by Gasteiger charge is 2.69. The number of piperidine rings is 1. The highest BCUT2D eigenvalue weighted by Crippen LogP contribution is 2.65. The fraction of sp³-hybridized carbons (Fsp3) is 0.683. The Bertz CT molecular complexity index is 1700. The molecule has 1 aromatic carbocycles. The van der Waals surface area contributed by atoms with Crippen LogP contribution in [0.1, 0.15) is 92.4 Å². The number of urea groups is 1. The predicted octanol–water partition coefficient (Wildman–Crippen LogP) is 4.00. The van der Waals surface area contributed by atoms with Gasteiger partial charge in [-0.15, -0.1) is 6.58 Å². The summed E-state index contributed by atoms with van der Waals surface area (Å²) < 4.78 is 28.0. The first-order valence-corrected chi connectivity index (χ1v) is 21.4. The molecule has 55 heavy (non-hydrogen) atoms. The van der Waals surface area contributed by atoms with E-state index in [9.17, 15) is 32.4 Å². The predicted molar refractivity (Wildman–Crippen MR) is 210 cm³/mol. The Labute approximate surface area is 327 Å². The lowest BCUT2D eigenvalue weighted by molar-refractivity contribution is -0.145. The fourth-order valence-corrected chi connectivity index (χ4v) is 10.0. The molecule has 6 atom stereocenters. The normalized spacial score (nSPS) is 24.1. The van der Waals surface area contributed by atoms with Crippen LogP contribution in [0, 0.1) is 34.5 Å². The minimum atomic E-state index is -3.83. The van der Waals surface area contributed by atoms with E-state index in [0.29, 0.717) is 13.0 Å². The second kappa shape index (κ2) is 17.2. The largest absolute Gasteiger partial charge is 0.346 e. The van der Waals surface area contributed by atoms with Crippen LogP contribution in [0.2, 0.25) is 0 Å². The van der Waals surface area contributed by atoms with Crippen molar-refractivity contribution in [2.45, 2.75) is 121 Å². The van der Waals surface area contributed by atoms with E-state index < -0.39 is 63.2 Å². The minimum Gasteiger partial charge on any atom is -0.346 e. The summed E-state index contributed by atoms with van der Waals surface area (Å²) in [6.07, 6.45) is 9.03. The summed E-state index contributed by atoms with van der Waals surface area (Å²) >= 11 is 0. The number of nitrogens with zero attached hydrogens (tertiary/aromatic N) is 2. The van der Waals surface area contributed by atoms with Gasteiger partial charge in [0.05, 0.1) is 10.9 Å². The SMILES string of the molecule is C=CCNC(=O)C(=O)C(CC1CCC1)NC(=O)[C@@H]1[C@@H]2[C@H](CN1C(=O)[C@@H](NC(=O)N[C@H](CN(C)S(=O)(=O)c1ccccc1)C(C)(C)C)C1CCCCC1)C2(C)C. The molecule has 3 saturated carbocycles. The monoisotopic (exact) mass is 782 g/mol. The Hall–Kier alpha value is -3.78. The molecule has 5 rings (SSSR count). The number of hydrogen-bond donors (Lipinski definition) is 4. The Kier molecular flexibility index (Phi) is 13.2. The van der Waals surface area contributed by atoms with Crippen LogP contribution in [0.4, 0.5) is 4.79 Å². The second-order valence-electron chi connectivity index (χ2n) is 17.9. The van der Waals surface area contributed by atoms with Crippen LogP contribution in [-0.2, 0) is 29.2 Å². The van der Waals surface area contributed by atoms with Crippen LogP contribution in [0.25, 0.3) is 0 Å². The molecule has 3 aliphatic carbocycles. The fourth-order valence-electron chi connectivity index (χ4n) is 8.81. The lowest BCUT2D eigenvalue weighted by atomic mass is 9.80. The lowest BCUT2D eigenvalue weighted by Crippen LogP contribution is -2.62. The number of Topliss-reactive ketones (excluding diaryl/α,β-unsaturated/α-hetero) is 1. The number of hydrogen-bond acceptors (Lipinski definition) is 7. The van der Waals surface area contributed by atoms with Gasteiger partial charge >= 0.3 is 6.03 Å². The van der Waals surface area contributed by atoms with E-state index in [2.05, 4.69) is 41.7 Å². The van der Waals surface area contributed by atoms with E-state index in [0.717, 1.165) is 51.4 Å². The van der Waals surface area contributed by atoms with Crippen LogP contribution in [-0.4, -0.2) is 98.0 Å². The number of likely N-dealkylation sites (N-methyl/N-ethyl adjacent to an activating group) is 1. The number of rotatable bonds is 16. The minimum absolute atomic E-state index is 0.00460. The highest BCUT2D eigenvalue weighted by molar-refractivity contribution is 7.89. The third kappa shape index (κ3) is 9.61. The molecular weight excluding hydrogens is 721 g/mol. The summed E-state index contributed by atoms with van der Waals surface area (Å²) in [4.78, 5) is 70.9. The van der Waals surface area contributed by atoms with Gasteiger partial charge in [-0.3, -0.25) is 19.2 Å². The standard InChI is InChI=1S/C41H62N6O7S/c1-8-22-42-37(50)35(48)30(23-26-16-15-17-26)43-36(49)34-32-29(41(32,5)6)24-47(34)38(51)33(27-18-11-9-12-19-27)45-39(52)44-31(40(2,3)4)25-46(7)55(53,54)28-20-13-10-14-21-28/h8,10,13-14,20-21,26-27,29-34H,1,9,11-12,15-19,22-25H2,2-7H3,(H,42,50)(H,43,49)(H2,44,45,52)/t29-,30?,31+,32-,33-,34-/m0/s1. The average Bonchev–Trinajstić information content (AvgIpc) is 3.42. The molecular formula is C41H62N6O7S. The number of sulfonamides is 1. The van der Waals surface area contributed by atoms with Crippen molar-refractivity contribution in [3.8, 4) is 0 Å². The van der Waals surface area contributed by atoms with Crippen molar-refractivity contribution < 1.29 is 32.4 Å². The molecule has 1 aliphatic heterocycles. The van der Waals surface area contributed by atoms with Crippen molar-refractivity contribution in [1.82, 2.24) is 30.5 Å². The number of carbonyl (C=O) groups excluding carboxylic acids is 5. The van der Waals surface area contributed by atoms with E-state index in [1.54, 1.807) is 23.1 Å². The van der Waals surface area contributed by atoms with Gasteiger partial charge in [0.2, 0.25) is 27.6 Å². The molecule has 13 nitrogen and oxygen atoms in total. The van der Waals surface area contributed by atoms with Crippen molar-refractivity contribution in [2.75, 3.05) is 26.7 Å². The van der Waals surface area contributed by atoms with Crippen LogP contribution in [0.5, 0.6) is 0 Å². The van der Waals surface area contributed by atoms with E-state index in [4.69, 9.17) is 0 Å². The average molecular weight is 783 g/mol. The van der Waals surface area contributed by atoms with Crippen LogP contribution in [0.15, 0.2) is 47.9 Å². The molecule has 1 unspecified atom stereocenters. The summed E-state index contributed by atoms with van der Waals surface area (Å²) in [5.41, 5.74) is -0.756. The summed E-state index contributed by atoms with van der Waals surface area (Å²) in [6.45, 7) is 14.0. The zero-order valence-corrected chi connectivity index (χ0v) is 34.3. The zero-order valence-electron chi connectivity index (χ0n) is 33.4. The third-order valence-corrected chi connectivity index (χ3v) is 14.6. The molecule has 4 fully saturated rings. The number of ketones is 1. The van der Waals surface area contributed by atoms with Gasteiger partial charge in [0.15, 0.2) is 0 Å². The molecule has 4 N–H and O–H groups in total. The number of fused-ring (bicyclic) bond motifs is 1. The molecule has 1 heterocycles. The molecule has 0 bridgehead atoms. The van der Waals surface area contributed by atoms with E-state index in [-0.39, 0.29) is 53.0 Å². The number of benzene rings is 1. The van der Waals surface area contributed by atoms with E-state index in [1.165, 1.54) is 29.6 Å². The zero-order chi connectivity index (χ0) is 40.3. The molecule has 4 aliphatic rings.